The van der Waals surface area contributed by atoms with Gasteiger partial charge in [0.05, 0.1) is 11.9 Å². The van der Waals surface area contributed by atoms with Gasteiger partial charge < -0.3 is 30.4 Å². The Balaban J connectivity index is -0.0000000268. The van der Waals surface area contributed by atoms with E-state index in [2.05, 4.69) is 13.2 Å². The van der Waals surface area contributed by atoms with Gasteiger partial charge in [0.2, 0.25) is 0 Å². The van der Waals surface area contributed by atoms with Gasteiger partial charge in [0, 0.05) is 18.9 Å². The first-order valence-corrected chi connectivity index (χ1v) is 4.76. The van der Waals surface area contributed by atoms with Gasteiger partial charge in [-0.2, -0.15) is 0 Å². The molecule has 0 spiro atoms. The largest absolute Gasteiger partial charge is 2.00 e. The van der Waals surface area contributed by atoms with Crippen molar-refractivity contribution in [1.82, 2.24) is 0 Å². The maximum absolute atomic E-state index is 9.14. The minimum absolute atomic E-state index is 0. The molecular formula is C9H16CaCl2O6. The molecule has 0 heterocycles. The van der Waals surface area contributed by atoms with E-state index in [-0.39, 0.29) is 43.2 Å². The van der Waals surface area contributed by atoms with Crippen LogP contribution in [0.3, 0.4) is 0 Å². The molecule has 0 aliphatic carbocycles. The summed E-state index contributed by atoms with van der Waals surface area (Å²) in [5.41, 5.74) is 0. The third-order valence-electron chi connectivity index (χ3n) is 0.405. The zero-order chi connectivity index (χ0) is 14.0. The number of halogens is 2. The van der Waals surface area contributed by atoms with Crippen molar-refractivity contribution in [2.24, 2.45) is 0 Å². The van der Waals surface area contributed by atoms with Gasteiger partial charge in [-0.1, -0.05) is 13.2 Å². The normalized spacial score (nSPS) is 5.56. The zero-order valence-corrected chi connectivity index (χ0v) is 13.7. The quantitative estimate of drug-likeness (QED) is 0.353. The van der Waals surface area contributed by atoms with Gasteiger partial charge >= 0.3 is 37.7 Å². The molecular weight excluding hydrogens is 315 g/mol. The van der Waals surface area contributed by atoms with E-state index in [1.54, 1.807) is 0 Å². The second kappa shape index (κ2) is 43.4. The summed E-state index contributed by atoms with van der Waals surface area (Å²) in [5, 5.41) is 25.3. The van der Waals surface area contributed by atoms with Crippen LogP contribution in [-0.2, 0) is 9.59 Å². The van der Waals surface area contributed by atoms with Crippen LogP contribution in [0.2, 0.25) is 0 Å². The molecule has 0 bridgehead atoms. The number of carbonyl (C=O) groups excluding carboxylic acids is 2. The van der Waals surface area contributed by atoms with Crippen LogP contribution in [0.15, 0.2) is 25.3 Å². The average Bonchev–Trinajstić information content (AvgIpc) is 2.32. The smallest absolute Gasteiger partial charge is 0.545 e. The van der Waals surface area contributed by atoms with E-state index >= 15 is 0 Å². The number of hydrogen-bond acceptors (Lipinski definition) is 5. The van der Waals surface area contributed by atoms with Crippen LogP contribution in [0.1, 0.15) is 0 Å². The average molecular weight is 331 g/mol. The van der Waals surface area contributed by atoms with Crippen LogP contribution < -0.4 is 10.2 Å². The Morgan fingerprint density at radius 3 is 1.17 bits per heavy atom. The molecule has 0 rings (SSSR count). The minimum atomic E-state index is -1.23. The molecule has 3 N–H and O–H groups in total. The van der Waals surface area contributed by atoms with E-state index in [4.69, 9.17) is 48.1 Å². The zero-order valence-electron chi connectivity index (χ0n) is 10.0. The molecule has 0 atom stereocenters. The van der Waals surface area contributed by atoms with Crippen LogP contribution in [0.25, 0.3) is 0 Å². The molecule has 0 aliphatic heterocycles. The van der Waals surface area contributed by atoms with Crippen LogP contribution in [0, 0.1) is 0 Å². The molecule has 0 aromatic heterocycles. The summed E-state index contributed by atoms with van der Waals surface area (Å²) in [6.45, 7) is 5.80. The van der Waals surface area contributed by atoms with Crippen molar-refractivity contribution in [1.29, 1.82) is 0 Å². The number of aliphatic hydroxyl groups is 1. The van der Waals surface area contributed by atoms with Gasteiger partial charge in [-0.3, -0.25) is 0 Å². The Hall–Kier alpha value is 0.180. The Bertz CT molecular complexity index is 170. The number of hydrogen-bond donors (Lipinski definition) is 1. The molecule has 0 saturated carbocycles. The van der Waals surface area contributed by atoms with E-state index in [9.17, 15) is 0 Å². The number of aliphatic hydroxyl groups excluding tert-OH is 1. The van der Waals surface area contributed by atoms with E-state index in [0.29, 0.717) is 11.8 Å². The summed E-state index contributed by atoms with van der Waals surface area (Å²) >= 11 is 10.1. The van der Waals surface area contributed by atoms with Gasteiger partial charge in [-0.05, 0) is 12.2 Å². The SMILES string of the molecule is C=CC(=O)[O-].C=CC(=O)[O-].CO.ClCCCl.O.[Ca+2]. The number of alkyl halides is 2. The van der Waals surface area contributed by atoms with Gasteiger partial charge in [-0.25, -0.2) is 0 Å². The summed E-state index contributed by atoms with van der Waals surface area (Å²) in [6.07, 6.45) is 1.44. The third-order valence-corrected chi connectivity index (χ3v) is 0.976. The fraction of sp³-hybridized carbons (Fsp3) is 0.333. The van der Waals surface area contributed by atoms with Crippen LogP contribution in [0.4, 0.5) is 0 Å². The molecule has 0 aliphatic rings. The van der Waals surface area contributed by atoms with Crippen LogP contribution >= 0.6 is 23.2 Å². The van der Waals surface area contributed by atoms with Crippen molar-refractivity contribution in [3.8, 4) is 0 Å². The summed E-state index contributed by atoms with van der Waals surface area (Å²) in [5.74, 6) is -1.35. The molecule has 0 unspecified atom stereocenters. The molecule has 0 amide bonds. The molecule has 9 heteroatoms. The van der Waals surface area contributed by atoms with Crippen molar-refractivity contribution in [2.45, 2.75) is 0 Å². The molecule has 6 nitrogen and oxygen atoms in total. The van der Waals surface area contributed by atoms with Gasteiger partial charge in [0.1, 0.15) is 0 Å². The topological polar surface area (TPSA) is 132 Å². The Morgan fingerprint density at radius 2 is 1.17 bits per heavy atom. The summed E-state index contributed by atoms with van der Waals surface area (Å²) in [6, 6.07) is 0. The van der Waals surface area contributed by atoms with Crippen LogP contribution in [0.5, 0.6) is 0 Å². The first kappa shape index (κ1) is 36.2. The maximum atomic E-state index is 9.14. The molecule has 0 radical (unpaired) electrons. The second-order valence-electron chi connectivity index (χ2n) is 1.42. The molecule has 18 heavy (non-hydrogen) atoms. The Morgan fingerprint density at radius 1 is 1.06 bits per heavy atom. The molecule has 0 aromatic carbocycles. The van der Waals surface area contributed by atoms with E-state index in [0.717, 1.165) is 19.3 Å². The fourth-order valence-electron chi connectivity index (χ4n) is 0. The monoisotopic (exact) mass is 330 g/mol. The predicted octanol–water partition coefficient (Wildman–Crippen LogP) is -2.29. The third kappa shape index (κ3) is 139. The fourth-order valence-corrected chi connectivity index (χ4v) is 0. The summed E-state index contributed by atoms with van der Waals surface area (Å²) in [7, 11) is 1.00. The van der Waals surface area contributed by atoms with Crippen molar-refractivity contribution >= 4 is 72.9 Å². The number of rotatable bonds is 3. The van der Waals surface area contributed by atoms with Crippen molar-refractivity contribution < 1.29 is 30.4 Å². The minimum Gasteiger partial charge on any atom is -0.545 e. The Labute approximate surface area is 146 Å². The van der Waals surface area contributed by atoms with Crippen molar-refractivity contribution in [3.63, 3.8) is 0 Å². The number of aliphatic carboxylic acids is 2. The molecule has 104 valence electrons. The first-order valence-electron chi connectivity index (χ1n) is 3.69. The predicted molar refractivity (Wildman–Crippen MR) is 69.4 cm³/mol. The molecule has 0 saturated heterocycles. The van der Waals surface area contributed by atoms with E-state index in [1.807, 2.05) is 0 Å². The number of carbonyl (C=O) groups is 2. The number of carboxylic acid groups (broad SMARTS) is 2. The standard InChI is InChI=1S/2C3H4O2.C2H4Cl2.CH4O.Ca.H2O/c2*1-2-3(4)5;3-1-2-4;1-2;;/h2*2H,1H2,(H,4,5);1-2H2;2H,1H3;;1H2/q;;;;+2;/p-2. The van der Waals surface area contributed by atoms with Gasteiger partial charge in [0.25, 0.3) is 0 Å². The maximum Gasteiger partial charge on any atom is 2.00 e. The van der Waals surface area contributed by atoms with Gasteiger partial charge in [0.15, 0.2) is 0 Å². The van der Waals surface area contributed by atoms with Crippen molar-refractivity contribution in [3.05, 3.63) is 25.3 Å². The van der Waals surface area contributed by atoms with Gasteiger partial charge in [-0.15, -0.1) is 23.2 Å². The first-order chi connectivity index (χ1) is 7.45. The van der Waals surface area contributed by atoms with Crippen LogP contribution in [-0.4, -0.2) is 79.1 Å². The summed E-state index contributed by atoms with van der Waals surface area (Å²) in [4.78, 5) is 18.3. The molecule has 0 fully saturated rings. The van der Waals surface area contributed by atoms with E-state index < -0.39 is 11.9 Å². The second-order valence-corrected chi connectivity index (χ2v) is 2.18. The van der Waals surface area contributed by atoms with E-state index in [1.165, 1.54) is 0 Å². The molecule has 0 aromatic rings. The Kier molecular flexibility index (Phi) is 87.2. The van der Waals surface area contributed by atoms with Crippen molar-refractivity contribution in [2.75, 3.05) is 18.9 Å². The number of carboxylic acids is 2. The summed E-state index contributed by atoms with van der Waals surface area (Å²) < 4.78 is 0.